The van der Waals surface area contributed by atoms with Crippen LogP contribution in [0.2, 0.25) is 0 Å². The van der Waals surface area contributed by atoms with Gasteiger partial charge in [-0.3, -0.25) is 9.59 Å². The topological polar surface area (TPSA) is 87.7 Å². The van der Waals surface area contributed by atoms with Crippen LogP contribution in [0.15, 0.2) is 24.3 Å². The van der Waals surface area contributed by atoms with Gasteiger partial charge in [-0.25, -0.2) is 4.79 Å². The second-order valence-electron chi connectivity index (χ2n) is 9.45. The van der Waals surface area contributed by atoms with Crippen molar-refractivity contribution in [2.24, 2.45) is 5.92 Å². The maximum absolute atomic E-state index is 13.2. The molecule has 2 atom stereocenters. The quantitative estimate of drug-likeness (QED) is 0.693. The number of hydrogen-bond acceptors (Lipinski definition) is 4. The van der Waals surface area contributed by atoms with Gasteiger partial charge in [0, 0.05) is 13.1 Å². The molecule has 0 spiro atoms. The zero-order valence-corrected chi connectivity index (χ0v) is 19.7. The smallest absolute Gasteiger partial charge is 0.408 e. The standard InChI is InChI=1S/C24H37N3O4/c1-7-17-10-12-18(13-11-17)15-25-21(28)19-9-8-14-27(19)22(29)20(16(2)3)26-23(30)31-24(4,5)6/h10-13,16,19-20H,7-9,14-15H2,1-6H3,(H,25,28)(H,26,30)/t19-,20-/m0/s1. The number of likely N-dealkylation sites (tertiary alicyclic amines) is 1. The van der Waals surface area contributed by atoms with E-state index in [4.69, 9.17) is 4.74 Å². The maximum Gasteiger partial charge on any atom is 0.408 e. The molecule has 172 valence electrons. The van der Waals surface area contributed by atoms with Crippen LogP contribution in [0.4, 0.5) is 4.79 Å². The van der Waals surface area contributed by atoms with Gasteiger partial charge >= 0.3 is 6.09 Å². The average Bonchev–Trinajstić information content (AvgIpc) is 3.18. The highest BCUT2D eigenvalue weighted by Crippen LogP contribution is 2.21. The Morgan fingerprint density at radius 1 is 1.13 bits per heavy atom. The van der Waals surface area contributed by atoms with Gasteiger partial charge in [-0.05, 0) is 57.1 Å². The van der Waals surface area contributed by atoms with Gasteiger partial charge in [0.05, 0.1) is 0 Å². The van der Waals surface area contributed by atoms with E-state index < -0.39 is 23.8 Å². The number of nitrogens with zero attached hydrogens (tertiary/aromatic N) is 1. The summed E-state index contributed by atoms with van der Waals surface area (Å²) in [5.41, 5.74) is 1.62. The van der Waals surface area contributed by atoms with Crippen LogP contribution in [0.5, 0.6) is 0 Å². The molecule has 7 nitrogen and oxygen atoms in total. The lowest BCUT2D eigenvalue weighted by atomic mass is 10.0. The van der Waals surface area contributed by atoms with Gasteiger partial charge in [0.1, 0.15) is 17.7 Å². The predicted octanol–water partition coefficient (Wildman–Crippen LogP) is 3.41. The van der Waals surface area contributed by atoms with Crippen LogP contribution in [0, 0.1) is 5.92 Å². The highest BCUT2D eigenvalue weighted by Gasteiger charge is 2.39. The Kier molecular flexibility index (Phi) is 8.48. The SMILES string of the molecule is CCc1ccc(CNC(=O)[C@@H]2CCCN2C(=O)[C@@H](NC(=O)OC(C)(C)C)C(C)C)cc1. The number of aryl methyl sites for hydroxylation is 1. The van der Waals surface area contributed by atoms with E-state index in [0.717, 1.165) is 18.4 Å². The van der Waals surface area contributed by atoms with Crippen molar-refractivity contribution in [3.8, 4) is 0 Å². The molecule has 31 heavy (non-hydrogen) atoms. The van der Waals surface area contributed by atoms with Gasteiger partial charge in [-0.2, -0.15) is 0 Å². The highest BCUT2D eigenvalue weighted by molar-refractivity contribution is 5.92. The minimum Gasteiger partial charge on any atom is -0.444 e. The van der Waals surface area contributed by atoms with Crippen molar-refractivity contribution < 1.29 is 19.1 Å². The van der Waals surface area contributed by atoms with E-state index in [2.05, 4.69) is 29.7 Å². The first-order valence-electron chi connectivity index (χ1n) is 11.2. The van der Waals surface area contributed by atoms with E-state index in [-0.39, 0.29) is 17.7 Å². The number of hydrogen-bond donors (Lipinski definition) is 2. The van der Waals surface area contributed by atoms with Crippen LogP contribution < -0.4 is 10.6 Å². The van der Waals surface area contributed by atoms with Gasteiger partial charge in [0.2, 0.25) is 11.8 Å². The van der Waals surface area contributed by atoms with Crippen molar-refractivity contribution in [2.75, 3.05) is 6.54 Å². The van der Waals surface area contributed by atoms with Crippen molar-refractivity contribution in [2.45, 2.75) is 85.0 Å². The number of amides is 3. The summed E-state index contributed by atoms with van der Waals surface area (Å²) in [5, 5.41) is 5.65. The average molecular weight is 432 g/mol. The normalized spacial score (nSPS) is 17.4. The van der Waals surface area contributed by atoms with Gasteiger partial charge in [0.25, 0.3) is 0 Å². The van der Waals surface area contributed by atoms with Crippen molar-refractivity contribution >= 4 is 17.9 Å². The second kappa shape index (κ2) is 10.6. The minimum atomic E-state index is -0.746. The Balaban J connectivity index is 2.00. The Labute approximate surface area is 185 Å². The number of ether oxygens (including phenoxy) is 1. The molecule has 1 aromatic carbocycles. The summed E-state index contributed by atoms with van der Waals surface area (Å²) in [6.07, 6.45) is 1.71. The summed E-state index contributed by atoms with van der Waals surface area (Å²) in [4.78, 5) is 39.9. The first kappa shape index (κ1) is 24.7. The molecule has 7 heteroatoms. The van der Waals surface area contributed by atoms with E-state index in [0.29, 0.717) is 19.5 Å². The second-order valence-corrected chi connectivity index (χ2v) is 9.45. The van der Waals surface area contributed by atoms with E-state index in [1.165, 1.54) is 5.56 Å². The van der Waals surface area contributed by atoms with Crippen molar-refractivity contribution in [1.82, 2.24) is 15.5 Å². The summed E-state index contributed by atoms with van der Waals surface area (Å²) >= 11 is 0. The number of nitrogens with one attached hydrogen (secondary N) is 2. The van der Waals surface area contributed by atoms with E-state index >= 15 is 0 Å². The lowest BCUT2D eigenvalue weighted by molar-refractivity contribution is -0.140. The van der Waals surface area contributed by atoms with Crippen LogP contribution in [0.1, 0.15) is 65.5 Å². The molecule has 2 rings (SSSR count). The number of carbonyl (C=O) groups excluding carboxylic acids is 3. The number of carbonyl (C=O) groups is 3. The summed E-state index contributed by atoms with van der Waals surface area (Å²) in [7, 11) is 0. The molecule has 0 unspecified atom stereocenters. The Bertz CT molecular complexity index is 768. The maximum atomic E-state index is 13.2. The lowest BCUT2D eigenvalue weighted by Crippen LogP contribution is -2.55. The molecular formula is C24H37N3O4. The van der Waals surface area contributed by atoms with Crippen LogP contribution in [0.3, 0.4) is 0 Å². The monoisotopic (exact) mass is 431 g/mol. The van der Waals surface area contributed by atoms with E-state index in [1.807, 2.05) is 26.0 Å². The fourth-order valence-electron chi connectivity index (χ4n) is 3.63. The molecule has 1 saturated heterocycles. The van der Waals surface area contributed by atoms with Gasteiger partial charge < -0.3 is 20.3 Å². The van der Waals surface area contributed by atoms with Crippen molar-refractivity contribution in [3.05, 3.63) is 35.4 Å². The molecule has 0 aliphatic carbocycles. The molecular weight excluding hydrogens is 394 g/mol. The zero-order chi connectivity index (χ0) is 23.2. The fraction of sp³-hybridized carbons (Fsp3) is 0.625. The number of rotatable bonds is 7. The fourth-order valence-corrected chi connectivity index (χ4v) is 3.63. The number of alkyl carbamates (subject to hydrolysis) is 1. The molecule has 3 amide bonds. The molecule has 0 radical (unpaired) electrons. The summed E-state index contributed by atoms with van der Waals surface area (Å²) in [6.45, 7) is 12.1. The Morgan fingerprint density at radius 3 is 2.29 bits per heavy atom. The van der Waals surface area contributed by atoms with E-state index in [9.17, 15) is 14.4 Å². The molecule has 2 N–H and O–H groups in total. The van der Waals surface area contributed by atoms with Crippen LogP contribution in [-0.4, -0.2) is 47.0 Å². The number of benzene rings is 1. The predicted molar refractivity (Wildman–Crippen MR) is 120 cm³/mol. The van der Waals surface area contributed by atoms with Crippen LogP contribution >= 0.6 is 0 Å². The molecule has 1 aliphatic rings. The summed E-state index contributed by atoms with van der Waals surface area (Å²) < 4.78 is 5.31. The Hall–Kier alpha value is -2.57. The van der Waals surface area contributed by atoms with E-state index in [1.54, 1.807) is 25.7 Å². The largest absolute Gasteiger partial charge is 0.444 e. The molecule has 1 aliphatic heterocycles. The molecule has 1 aromatic rings. The third-order valence-electron chi connectivity index (χ3n) is 5.34. The van der Waals surface area contributed by atoms with Crippen molar-refractivity contribution in [1.29, 1.82) is 0 Å². The van der Waals surface area contributed by atoms with Crippen LogP contribution in [0.25, 0.3) is 0 Å². The summed E-state index contributed by atoms with van der Waals surface area (Å²) in [5.74, 6) is -0.544. The third-order valence-corrected chi connectivity index (χ3v) is 5.34. The summed E-state index contributed by atoms with van der Waals surface area (Å²) in [6, 6.07) is 6.87. The lowest BCUT2D eigenvalue weighted by Gasteiger charge is -2.31. The first-order chi connectivity index (χ1) is 14.5. The molecule has 1 heterocycles. The Morgan fingerprint density at radius 2 is 1.74 bits per heavy atom. The first-order valence-corrected chi connectivity index (χ1v) is 11.2. The highest BCUT2D eigenvalue weighted by atomic mass is 16.6. The molecule has 0 saturated carbocycles. The minimum absolute atomic E-state index is 0.138. The molecule has 0 bridgehead atoms. The zero-order valence-electron chi connectivity index (χ0n) is 19.7. The van der Waals surface area contributed by atoms with Crippen LogP contribution in [-0.2, 0) is 27.3 Å². The van der Waals surface area contributed by atoms with Gasteiger partial charge in [0.15, 0.2) is 0 Å². The van der Waals surface area contributed by atoms with Crippen molar-refractivity contribution in [3.63, 3.8) is 0 Å². The molecule has 1 fully saturated rings. The molecule has 0 aromatic heterocycles. The van der Waals surface area contributed by atoms with Gasteiger partial charge in [-0.15, -0.1) is 0 Å². The third kappa shape index (κ3) is 7.26. The van der Waals surface area contributed by atoms with Gasteiger partial charge in [-0.1, -0.05) is 45.0 Å².